The van der Waals surface area contributed by atoms with E-state index >= 15 is 0 Å². The van der Waals surface area contributed by atoms with Crippen LogP contribution in [0.4, 0.5) is 0 Å². The first-order valence-corrected chi connectivity index (χ1v) is 25.9. The van der Waals surface area contributed by atoms with Crippen LogP contribution in [0.2, 0.25) is 0 Å². The third-order valence-electron chi connectivity index (χ3n) is 14.3. The maximum Gasteiger partial charge on any atom is 0.338 e. The number of carbonyl (C=O) groups excluding carboxylic acids is 2. The van der Waals surface area contributed by atoms with Crippen LogP contribution in [0.15, 0.2) is 237 Å². The Morgan fingerprint density at radius 2 is 0.800 bits per heavy atom. The highest BCUT2D eigenvalue weighted by Crippen LogP contribution is 2.41. The zero-order chi connectivity index (χ0) is 54.1. The van der Waals surface area contributed by atoms with Gasteiger partial charge in [-0.1, -0.05) is 146 Å². The van der Waals surface area contributed by atoms with Crippen LogP contribution in [0.1, 0.15) is 43.0 Å². The monoisotopic (exact) mass is 1030 g/mol. The van der Waals surface area contributed by atoms with E-state index in [1.807, 2.05) is 194 Å². The molecule has 0 spiro atoms. The summed E-state index contributed by atoms with van der Waals surface area (Å²) >= 11 is 0. The topological polar surface area (TPSA) is 149 Å². The number of hydrogen-bond acceptors (Lipinski definition) is 9. The van der Waals surface area contributed by atoms with E-state index < -0.39 is 11.9 Å². The van der Waals surface area contributed by atoms with E-state index in [1.54, 1.807) is 30.3 Å². The van der Waals surface area contributed by atoms with Crippen molar-refractivity contribution in [3.63, 3.8) is 0 Å². The molecule has 11 heteroatoms. The van der Waals surface area contributed by atoms with E-state index in [9.17, 15) is 20.1 Å². The van der Waals surface area contributed by atoms with Crippen LogP contribution in [0.25, 0.3) is 100 Å². The second-order valence-electron chi connectivity index (χ2n) is 19.2. The third kappa shape index (κ3) is 9.03. The normalized spacial score (nSPS) is 11.2. The average Bonchev–Trinajstić information content (AvgIpc) is 4.24. The Bertz CT molecular complexity index is 4650. The number of nitrogens with zero attached hydrogens (tertiary/aromatic N) is 7. The second-order valence-corrected chi connectivity index (χ2v) is 19.2. The van der Waals surface area contributed by atoms with E-state index in [-0.39, 0.29) is 13.2 Å². The number of aromatic nitrogens is 5. The zero-order valence-electron chi connectivity index (χ0n) is 42.7. The summed E-state index contributed by atoms with van der Waals surface area (Å²) in [5.41, 5.74) is 12.1. The number of para-hydroxylation sites is 2. The van der Waals surface area contributed by atoms with Gasteiger partial charge in [0.1, 0.15) is 13.2 Å². The van der Waals surface area contributed by atoms with Crippen LogP contribution in [0, 0.1) is 22.7 Å². The quantitative estimate of drug-likeness (QED) is 0.109. The van der Waals surface area contributed by atoms with Gasteiger partial charge in [-0.05, 0) is 113 Å². The fourth-order valence-corrected chi connectivity index (χ4v) is 10.5. The summed E-state index contributed by atoms with van der Waals surface area (Å²) in [6, 6.07) is 79.8. The molecule has 0 fully saturated rings. The molecule has 10 aromatic carbocycles. The molecule has 11 nitrogen and oxygen atoms in total. The first-order chi connectivity index (χ1) is 39.4. The molecule has 0 radical (unpaired) electrons. The van der Waals surface area contributed by atoms with Crippen molar-refractivity contribution in [2.45, 2.75) is 13.2 Å². The summed E-state index contributed by atoms with van der Waals surface area (Å²) < 4.78 is 15.9. The SMILES string of the molecule is N#Cc1ccc(-c2ccc(-c3nc(-c4ccccc4)nc(-c4ccc(C#N)cc4-n4c5ccccc5c5cc(C(=O)OCc6ccccc6)ccc54)n3)c(-n3c4ccccc4c4cc(C(=O)OCc5ccccc5)ccc43)c2)cc1. The molecule has 0 atom stereocenters. The summed E-state index contributed by atoms with van der Waals surface area (Å²) in [6.45, 7) is 0.278. The van der Waals surface area contributed by atoms with Crippen LogP contribution >= 0.6 is 0 Å². The Balaban J connectivity index is 1.00. The van der Waals surface area contributed by atoms with Crippen molar-refractivity contribution in [2.75, 3.05) is 0 Å². The van der Waals surface area contributed by atoms with Crippen molar-refractivity contribution >= 4 is 55.6 Å². The van der Waals surface area contributed by atoms with Gasteiger partial charge in [0.25, 0.3) is 0 Å². The van der Waals surface area contributed by atoms with Crippen molar-refractivity contribution in [2.24, 2.45) is 0 Å². The lowest BCUT2D eigenvalue weighted by Gasteiger charge is -2.18. The van der Waals surface area contributed by atoms with E-state index in [1.165, 1.54) is 0 Å². The van der Waals surface area contributed by atoms with Gasteiger partial charge in [0.2, 0.25) is 0 Å². The van der Waals surface area contributed by atoms with Crippen LogP contribution in [-0.2, 0) is 22.7 Å². The molecule has 0 aliphatic rings. The van der Waals surface area contributed by atoms with Gasteiger partial charge in [0, 0.05) is 38.2 Å². The molecule has 0 aliphatic carbocycles. The number of benzene rings is 10. The van der Waals surface area contributed by atoms with E-state index in [0.29, 0.717) is 56.5 Å². The third-order valence-corrected chi connectivity index (χ3v) is 14.3. The molecule has 0 N–H and O–H groups in total. The first-order valence-electron chi connectivity index (χ1n) is 25.9. The fraction of sp³-hybridized carbons (Fsp3) is 0.0290. The van der Waals surface area contributed by atoms with E-state index in [4.69, 9.17) is 24.4 Å². The smallest absolute Gasteiger partial charge is 0.338 e. The number of rotatable bonds is 12. The predicted molar refractivity (Wildman–Crippen MR) is 311 cm³/mol. The number of ether oxygens (including phenoxy) is 2. The zero-order valence-corrected chi connectivity index (χ0v) is 42.7. The summed E-state index contributed by atoms with van der Waals surface area (Å²) in [5.74, 6) is 0.265. The van der Waals surface area contributed by atoms with Crippen LogP contribution in [-0.4, -0.2) is 36.0 Å². The van der Waals surface area contributed by atoms with Crippen LogP contribution in [0.3, 0.4) is 0 Å². The van der Waals surface area contributed by atoms with Gasteiger partial charge < -0.3 is 18.6 Å². The molecule has 3 aromatic heterocycles. The largest absolute Gasteiger partial charge is 0.457 e. The Morgan fingerprint density at radius 3 is 1.32 bits per heavy atom. The number of hydrogen-bond donors (Lipinski definition) is 0. The molecule has 3 heterocycles. The molecule has 0 saturated carbocycles. The summed E-state index contributed by atoms with van der Waals surface area (Å²) in [4.78, 5) is 43.3. The second kappa shape index (κ2) is 20.7. The van der Waals surface area contributed by atoms with Gasteiger partial charge in [-0.15, -0.1) is 0 Å². The summed E-state index contributed by atoms with van der Waals surface area (Å²) in [5, 5.41) is 23.7. The molecular formula is C69H43N7O4. The van der Waals surface area contributed by atoms with Crippen molar-refractivity contribution in [3.8, 4) is 68.8 Å². The summed E-state index contributed by atoms with van der Waals surface area (Å²) in [6.07, 6.45) is 0. The Hall–Kier alpha value is -11.3. The molecule has 13 aromatic rings. The molecular weight excluding hydrogens is 991 g/mol. The maximum absolute atomic E-state index is 13.7. The average molecular weight is 1030 g/mol. The predicted octanol–water partition coefficient (Wildman–Crippen LogP) is 15.2. The number of esters is 2. The molecule has 0 saturated heterocycles. The van der Waals surface area contributed by atoms with Gasteiger partial charge >= 0.3 is 11.9 Å². The first kappa shape index (κ1) is 48.4. The molecule has 0 amide bonds. The van der Waals surface area contributed by atoms with Gasteiger partial charge in [-0.25, -0.2) is 24.5 Å². The molecule has 0 aliphatic heterocycles. The molecule has 0 unspecified atom stereocenters. The number of fused-ring (bicyclic) bond motifs is 6. The Kier molecular flexibility index (Phi) is 12.5. The molecule has 378 valence electrons. The van der Waals surface area contributed by atoms with Crippen LogP contribution < -0.4 is 0 Å². The maximum atomic E-state index is 13.7. The standard InChI is InChI=1S/C69H43N7O4/c70-40-44-24-27-48(28-25-44)50-29-33-56(64(39-50)76-60-23-13-11-21-54(60)58-38-52(31-35-62(58)76)69(78)80-43-46-16-6-2-7-17-46)67-73-65(49-18-8-3-9-19-49)72-66(74-67)55-32-26-47(41-71)36-63(55)75-59-22-12-10-20-53(59)57-37-51(30-34-61(57)75)68(77)79-42-45-14-4-1-5-15-45/h1-39H,42-43H2. The van der Waals surface area contributed by atoms with Gasteiger partial charge in [0.15, 0.2) is 17.5 Å². The minimum Gasteiger partial charge on any atom is -0.457 e. The minimum atomic E-state index is -0.444. The number of nitriles is 2. The lowest BCUT2D eigenvalue weighted by Crippen LogP contribution is -2.06. The lowest BCUT2D eigenvalue weighted by molar-refractivity contribution is 0.0464. The van der Waals surface area contributed by atoms with Crippen molar-refractivity contribution in [3.05, 3.63) is 270 Å². The molecule has 0 bridgehead atoms. The minimum absolute atomic E-state index is 0.138. The van der Waals surface area contributed by atoms with Crippen molar-refractivity contribution < 1.29 is 19.1 Å². The van der Waals surface area contributed by atoms with Crippen molar-refractivity contribution in [1.29, 1.82) is 10.5 Å². The van der Waals surface area contributed by atoms with Crippen molar-refractivity contribution in [1.82, 2.24) is 24.1 Å². The van der Waals surface area contributed by atoms with E-state index in [2.05, 4.69) is 33.4 Å². The highest BCUT2D eigenvalue weighted by molar-refractivity contribution is 6.13. The van der Waals surface area contributed by atoms with Gasteiger partial charge in [-0.2, -0.15) is 10.5 Å². The van der Waals surface area contributed by atoms with Gasteiger partial charge in [-0.3, -0.25) is 0 Å². The Labute approximate surface area is 459 Å². The highest BCUT2D eigenvalue weighted by atomic mass is 16.5. The van der Waals surface area contributed by atoms with Gasteiger partial charge in [0.05, 0.1) is 67.8 Å². The summed E-state index contributed by atoms with van der Waals surface area (Å²) in [7, 11) is 0. The fourth-order valence-electron chi connectivity index (χ4n) is 10.5. The molecule has 80 heavy (non-hydrogen) atoms. The lowest BCUT2D eigenvalue weighted by atomic mass is 10.00. The highest BCUT2D eigenvalue weighted by Gasteiger charge is 2.25. The van der Waals surface area contributed by atoms with E-state index in [0.717, 1.165) is 77.1 Å². The molecule has 13 rings (SSSR count). The number of carbonyl (C=O) groups is 2. The Morgan fingerprint density at radius 1 is 0.375 bits per heavy atom. The van der Waals surface area contributed by atoms with Crippen LogP contribution in [0.5, 0.6) is 0 Å².